The van der Waals surface area contributed by atoms with Crippen LogP contribution in [0.3, 0.4) is 0 Å². The molecule has 1 aromatic heterocycles. The van der Waals surface area contributed by atoms with E-state index >= 15 is 0 Å². The minimum Gasteiger partial charge on any atom is -0.486 e. The predicted octanol–water partition coefficient (Wildman–Crippen LogP) is 2.12. The van der Waals surface area contributed by atoms with Gasteiger partial charge in [0.1, 0.15) is 13.2 Å². The smallest absolute Gasteiger partial charge is 0.254 e. The Bertz CT molecular complexity index is 643. The van der Waals surface area contributed by atoms with Crippen molar-refractivity contribution >= 4 is 5.91 Å². The Morgan fingerprint density at radius 3 is 2.81 bits per heavy atom. The summed E-state index contributed by atoms with van der Waals surface area (Å²) in [5, 5.41) is 0. The summed E-state index contributed by atoms with van der Waals surface area (Å²) in [6.07, 6.45) is 3.47. The van der Waals surface area contributed by atoms with E-state index in [2.05, 4.69) is 4.98 Å². The molecule has 2 aromatic rings. The Kier molecular flexibility index (Phi) is 3.73. The number of nitrogens with zero attached hydrogens (tertiary/aromatic N) is 2. The van der Waals surface area contributed by atoms with Gasteiger partial charge in [-0.3, -0.25) is 9.78 Å². The zero-order valence-electron chi connectivity index (χ0n) is 11.8. The van der Waals surface area contributed by atoms with Crippen LogP contribution in [0.4, 0.5) is 0 Å². The van der Waals surface area contributed by atoms with Crippen molar-refractivity contribution in [3.8, 4) is 11.5 Å². The highest BCUT2D eigenvalue weighted by atomic mass is 16.6. The van der Waals surface area contributed by atoms with Crippen molar-refractivity contribution < 1.29 is 14.3 Å². The SMILES string of the molecule is CN(Cc1cccnc1)C(=O)c1ccc2c(c1)OCCO2. The van der Waals surface area contributed by atoms with Crippen LogP contribution in [-0.4, -0.2) is 36.1 Å². The van der Waals surface area contributed by atoms with Crippen LogP contribution in [0.1, 0.15) is 15.9 Å². The molecule has 0 unspecified atom stereocenters. The normalized spacial score (nSPS) is 12.8. The zero-order chi connectivity index (χ0) is 14.7. The monoisotopic (exact) mass is 284 g/mol. The molecule has 0 N–H and O–H groups in total. The van der Waals surface area contributed by atoms with Crippen LogP contribution in [-0.2, 0) is 6.54 Å². The number of hydrogen-bond acceptors (Lipinski definition) is 4. The van der Waals surface area contributed by atoms with Crippen LogP contribution in [0.25, 0.3) is 0 Å². The summed E-state index contributed by atoms with van der Waals surface area (Å²) in [5.41, 5.74) is 1.58. The summed E-state index contributed by atoms with van der Waals surface area (Å²) in [5.74, 6) is 1.26. The molecule has 1 aliphatic heterocycles. The van der Waals surface area contributed by atoms with Gasteiger partial charge in [-0.15, -0.1) is 0 Å². The minimum absolute atomic E-state index is 0.0594. The number of rotatable bonds is 3. The molecule has 0 atom stereocenters. The second-order valence-corrected chi connectivity index (χ2v) is 4.88. The standard InChI is InChI=1S/C16H16N2O3/c1-18(11-12-3-2-6-17-10-12)16(19)13-4-5-14-15(9-13)21-8-7-20-14/h2-6,9-10H,7-8,11H2,1H3. The predicted molar refractivity (Wildman–Crippen MR) is 77.5 cm³/mol. The molecule has 21 heavy (non-hydrogen) atoms. The summed E-state index contributed by atoms with van der Waals surface area (Å²) in [4.78, 5) is 18.2. The fourth-order valence-corrected chi connectivity index (χ4v) is 2.23. The van der Waals surface area contributed by atoms with Gasteiger partial charge in [-0.1, -0.05) is 6.07 Å². The number of amides is 1. The lowest BCUT2D eigenvalue weighted by Crippen LogP contribution is -2.26. The number of carbonyl (C=O) groups excluding carboxylic acids is 1. The maximum Gasteiger partial charge on any atom is 0.254 e. The molecule has 1 aliphatic rings. The zero-order valence-corrected chi connectivity index (χ0v) is 11.8. The fraction of sp³-hybridized carbons (Fsp3) is 0.250. The van der Waals surface area contributed by atoms with Gasteiger partial charge in [-0.2, -0.15) is 0 Å². The second kappa shape index (κ2) is 5.83. The molecular formula is C16H16N2O3. The van der Waals surface area contributed by atoms with E-state index in [1.807, 2.05) is 12.1 Å². The number of carbonyl (C=O) groups is 1. The number of aromatic nitrogens is 1. The van der Waals surface area contributed by atoms with E-state index < -0.39 is 0 Å². The van der Waals surface area contributed by atoms with Crippen molar-refractivity contribution in [1.82, 2.24) is 9.88 Å². The largest absolute Gasteiger partial charge is 0.486 e. The van der Waals surface area contributed by atoms with Crippen molar-refractivity contribution in [3.63, 3.8) is 0 Å². The van der Waals surface area contributed by atoms with Crippen molar-refractivity contribution in [3.05, 3.63) is 53.9 Å². The van der Waals surface area contributed by atoms with E-state index in [1.54, 1.807) is 42.5 Å². The third kappa shape index (κ3) is 2.97. The van der Waals surface area contributed by atoms with E-state index in [0.717, 1.165) is 5.56 Å². The van der Waals surface area contributed by atoms with Crippen molar-refractivity contribution in [1.29, 1.82) is 0 Å². The number of hydrogen-bond donors (Lipinski definition) is 0. The summed E-state index contributed by atoms with van der Waals surface area (Å²) < 4.78 is 11.0. The van der Waals surface area contributed by atoms with Crippen LogP contribution in [0.15, 0.2) is 42.7 Å². The Morgan fingerprint density at radius 2 is 2.05 bits per heavy atom. The summed E-state index contributed by atoms with van der Waals surface area (Å²) in [7, 11) is 1.77. The number of fused-ring (bicyclic) bond motifs is 1. The Balaban J connectivity index is 1.75. The Hall–Kier alpha value is -2.56. The van der Waals surface area contributed by atoms with E-state index in [0.29, 0.717) is 36.8 Å². The quantitative estimate of drug-likeness (QED) is 0.866. The average Bonchev–Trinajstić information content (AvgIpc) is 2.54. The first-order valence-corrected chi connectivity index (χ1v) is 6.78. The third-order valence-electron chi connectivity index (χ3n) is 3.28. The summed E-state index contributed by atoms with van der Waals surface area (Å²) in [6, 6.07) is 9.07. The molecule has 0 saturated carbocycles. The maximum absolute atomic E-state index is 12.4. The van der Waals surface area contributed by atoms with Gasteiger partial charge in [-0.05, 0) is 29.8 Å². The first-order chi connectivity index (χ1) is 10.2. The highest BCUT2D eigenvalue weighted by molar-refractivity contribution is 5.94. The van der Waals surface area contributed by atoms with E-state index in [9.17, 15) is 4.79 Å². The van der Waals surface area contributed by atoms with Crippen LogP contribution < -0.4 is 9.47 Å². The lowest BCUT2D eigenvalue weighted by Gasteiger charge is -2.21. The maximum atomic E-state index is 12.4. The van der Waals surface area contributed by atoms with Crippen molar-refractivity contribution in [2.24, 2.45) is 0 Å². The molecule has 1 aromatic carbocycles. The van der Waals surface area contributed by atoms with Gasteiger partial charge in [0.15, 0.2) is 11.5 Å². The Morgan fingerprint density at radius 1 is 1.24 bits per heavy atom. The lowest BCUT2D eigenvalue weighted by atomic mass is 10.1. The topological polar surface area (TPSA) is 51.7 Å². The average molecular weight is 284 g/mol. The van der Waals surface area contributed by atoms with Crippen LogP contribution in [0.2, 0.25) is 0 Å². The van der Waals surface area contributed by atoms with E-state index in [4.69, 9.17) is 9.47 Å². The van der Waals surface area contributed by atoms with Crippen molar-refractivity contribution in [2.45, 2.75) is 6.54 Å². The van der Waals surface area contributed by atoms with Gasteiger partial charge in [0.2, 0.25) is 0 Å². The van der Waals surface area contributed by atoms with Gasteiger partial charge in [0, 0.05) is 31.5 Å². The second-order valence-electron chi connectivity index (χ2n) is 4.88. The molecule has 0 radical (unpaired) electrons. The first-order valence-electron chi connectivity index (χ1n) is 6.78. The van der Waals surface area contributed by atoms with Crippen LogP contribution >= 0.6 is 0 Å². The summed E-state index contributed by atoms with van der Waals surface area (Å²) in [6.45, 7) is 1.57. The van der Waals surface area contributed by atoms with Gasteiger partial charge >= 0.3 is 0 Å². The fourth-order valence-electron chi connectivity index (χ4n) is 2.23. The molecule has 0 bridgehead atoms. The molecule has 0 aliphatic carbocycles. The first kappa shape index (κ1) is 13.4. The molecule has 0 saturated heterocycles. The molecule has 0 fully saturated rings. The van der Waals surface area contributed by atoms with Crippen LogP contribution in [0, 0.1) is 0 Å². The van der Waals surface area contributed by atoms with Gasteiger partial charge in [-0.25, -0.2) is 0 Å². The molecule has 2 heterocycles. The van der Waals surface area contributed by atoms with E-state index in [1.165, 1.54) is 0 Å². The van der Waals surface area contributed by atoms with E-state index in [-0.39, 0.29) is 5.91 Å². The lowest BCUT2D eigenvalue weighted by molar-refractivity contribution is 0.0784. The van der Waals surface area contributed by atoms with Gasteiger partial charge < -0.3 is 14.4 Å². The number of pyridine rings is 1. The highest BCUT2D eigenvalue weighted by Gasteiger charge is 2.17. The molecule has 0 spiro atoms. The molecule has 3 rings (SSSR count). The molecule has 5 nitrogen and oxygen atoms in total. The van der Waals surface area contributed by atoms with Gasteiger partial charge in [0.05, 0.1) is 0 Å². The minimum atomic E-state index is -0.0594. The Labute approximate surface area is 123 Å². The molecule has 5 heteroatoms. The number of ether oxygens (including phenoxy) is 2. The van der Waals surface area contributed by atoms with Crippen LogP contribution in [0.5, 0.6) is 11.5 Å². The van der Waals surface area contributed by atoms with Crippen molar-refractivity contribution in [2.75, 3.05) is 20.3 Å². The van der Waals surface area contributed by atoms with Gasteiger partial charge in [0.25, 0.3) is 5.91 Å². The number of benzene rings is 1. The molecule has 1 amide bonds. The molecular weight excluding hydrogens is 268 g/mol. The highest BCUT2D eigenvalue weighted by Crippen LogP contribution is 2.31. The molecule has 108 valence electrons. The third-order valence-corrected chi connectivity index (χ3v) is 3.28. The summed E-state index contributed by atoms with van der Waals surface area (Å²) >= 11 is 0.